The lowest BCUT2D eigenvalue weighted by molar-refractivity contribution is -0.0565. The molecule has 3 saturated heterocycles. The third-order valence-corrected chi connectivity index (χ3v) is 10.7. The van der Waals surface area contributed by atoms with Crippen LogP contribution in [0.25, 0.3) is 22.1 Å². The number of nitrogen functional groups attached to an aromatic ring is 1. The lowest BCUT2D eigenvalue weighted by Crippen LogP contribution is -2.29. The molecule has 1 aromatic carbocycles. The van der Waals surface area contributed by atoms with E-state index in [0.29, 0.717) is 10.9 Å². The standard InChI is InChI=1S/C23H25N7O10P2S2/c24-23-27-19-18(20(31)28-23)26-10-30(19)22-15-5-11(37-22)7-35-41(33,43)39-14-6-17(38-16(14)8-36-42(34,44)40-15)29-9-25-13-4-2-1-3-12(13)21(29)32/h1-4,9-11,14-17,22H,5-8H2,(H,33,43)(H,34,44)(H3,24,27,28,31)/t11-,14-,15-,16+,17+,22+,41?,42?/m0/s1. The topological polar surface area (TPSA) is 214 Å². The van der Waals surface area contributed by atoms with Gasteiger partial charge in [0.25, 0.3) is 11.1 Å². The number of imidazole rings is 1. The molecule has 44 heavy (non-hydrogen) atoms. The Balaban J connectivity index is 1.17. The number of aromatic nitrogens is 6. The van der Waals surface area contributed by atoms with E-state index < -0.39 is 56.0 Å². The van der Waals surface area contributed by atoms with Gasteiger partial charge in [-0.2, -0.15) is 4.98 Å². The Kier molecular flexibility index (Phi) is 7.76. The Morgan fingerprint density at radius 1 is 0.909 bits per heavy atom. The Hall–Kier alpha value is -2.57. The molecule has 3 aliphatic heterocycles. The molecule has 7 rings (SSSR count). The average molecular weight is 686 g/mol. The van der Waals surface area contributed by atoms with Gasteiger partial charge in [0, 0.05) is 12.8 Å². The van der Waals surface area contributed by atoms with E-state index in [1.165, 1.54) is 21.8 Å². The third-order valence-electron chi connectivity index (χ3n) is 7.41. The van der Waals surface area contributed by atoms with Crippen LogP contribution in [0, 0.1) is 0 Å². The van der Waals surface area contributed by atoms with Crippen molar-refractivity contribution in [1.29, 1.82) is 0 Å². The van der Waals surface area contributed by atoms with Crippen LogP contribution in [0.4, 0.5) is 5.95 Å². The number of benzene rings is 1. The van der Waals surface area contributed by atoms with Gasteiger partial charge < -0.3 is 15.2 Å². The molecule has 2 bridgehead atoms. The minimum atomic E-state index is -4.11. The Morgan fingerprint density at radius 2 is 1.64 bits per heavy atom. The molecule has 0 radical (unpaired) electrons. The summed E-state index contributed by atoms with van der Waals surface area (Å²) < 4.78 is 64.5. The number of H-pyrrole nitrogens is 1. The summed E-state index contributed by atoms with van der Waals surface area (Å²) >= 11 is 8.33. The highest BCUT2D eigenvalue weighted by Crippen LogP contribution is 2.60. The van der Waals surface area contributed by atoms with E-state index in [2.05, 4.69) is 44.4 Å². The number of nitrogens with two attached hydrogens (primary N) is 1. The van der Waals surface area contributed by atoms with Gasteiger partial charge in [-0.25, -0.2) is 19.1 Å². The zero-order valence-corrected chi connectivity index (χ0v) is 26.0. The van der Waals surface area contributed by atoms with Crippen LogP contribution in [0.2, 0.25) is 0 Å². The van der Waals surface area contributed by atoms with Crippen molar-refractivity contribution in [1.82, 2.24) is 29.1 Å². The molecule has 2 unspecified atom stereocenters. The van der Waals surface area contributed by atoms with Crippen LogP contribution in [-0.4, -0.2) is 66.7 Å². The lowest BCUT2D eigenvalue weighted by Gasteiger charge is -2.26. The van der Waals surface area contributed by atoms with Crippen LogP contribution in [0.5, 0.6) is 0 Å². The van der Waals surface area contributed by atoms with E-state index in [4.69, 9.17) is 33.3 Å². The molecule has 234 valence electrons. The summed E-state index contributed by atoms with van der Waals surface area (Å²) in [6, 6.07) is 6.85. The van der Waals surface area contributed by atoms with Crippen LogP contribution < -0.4 is 16.9 Å². The van der Waals surface area contributed by atoms with Gasteiger partial charge in [-0.1, -0.05) is 36.6 Å². The number of nitrogens with zero attached hydrogens (tertiary/aromatic N) is 5. The molecule has 3 aliphatic rings. The number of ether oxygens (including phenoxy) is 2. The first kappa shape index (κ1) is 30.1. The molecule has 21 heteroatoms. The largest absolute Gasteiger partial charge is 0.386 e. The number of anilines is 1. The van der Waals surface area contributed by atoms with Crippen LogP contribution in [0.1, 0.15) is 25.3 Å². The second-order valence-corrected chi connectivity index (χ2v) is 16.1. The first-order valence-electron chi connectivity index (χ1n) is 13.3. The minimum Gasteiger partial charge on any atom is -0.369 e. The summed E-state index contributed by atoms with van der Waals surface area (Å²) in [7, 11) is 0. The second-order valence-electron chi connectivity index (χ2n) is 10.3. The highest BCUT2D eigenvalue weighted by molar-refractivity contribution is 8.44. The van der Waals surface area contributed by atoms with Crippen molar-refractivity contribution in [2.75, 3.05) is 18.9 Å². The van der Waals surface area contributed by atoms with Crippen LogP contribution >= 0.6 is 38.1 Å². The predicted octanol–water partition coefficient (Wildman–Crippen LogP) is 2.58. The van der Waals surface area contributed by atoms with E-state index in [9.17, 15) is 18.7 Å². The summed E-state index contributed by atoms with van der Waals surface area (Å²) in [4.78, 5) is 40.4. The summed E-state index contributed by atoms with van der Waals surface area (Å²) in [5.41, 5.74) is 5.42. The third kappa shape index (κ3) is 5.77. The molecule has 17 nitrogen and oxygen atoms in total. The van der Waals surface area contributed by atoms with Crippen molar-refractivity contribution >= 4 is 66.1 Å². The number of hydrogen-bond acceptors (Lipinski definition) is 14. The molecular formula is C23H25N7O10P2S2. The SMILES string of the molecule is Nc1nc2c(ncn2[C@@H]2O[C@@H]3COP(=O)(S)O[C@H]4C[C@H](n5cnc6ccccc6c5=O)O[C@@H]4COP(=O)(S)O[C@H]2C3)c(=O)[nH]1. The minimum absolute atomic E-state index is 0.00563. The van der Waals surface area contributed by atoms with Crippen molar-refractivity contribution in [3.63, 3.8) is 0 Å². The normalized spacial score (nSPS) is 34.8. The molecule has 8 atom stereocenters. The lowest BCUT2D eigenvalue weighted by atomic mass is 10.2. The zero-order chi connectivity index (χ0) is 30.8. The fourth-order valence-electron chi connectivity index (χ4n) is 5.46. The number of thiol groups is 2. The summed E-state index contributed by atoms with van der Waals surface area (Å²) in [5.74, 6) is -0.149. The van der Waals surface area contributed by atoms with Crippen molar-refractivity contribution in [2.45, 2.75) is 49.7 Å². The monoisotopic (exact) mass is 685 g/mol. The van der Waals surface area contributed by atoms with Gasteiger partial charge in [-0.3, -0.25) is 41.8 Å². The molecule has 3 aromatic heterocycles. The number of aromatic amines is 1. The smallest absolute Gasteiger partial charge is 0.369 e. The van der Waals surface area contributed by atoms with E-state index in [-0.39, 0.29) is 48.7 Å². The Morgan fingerprint density at radius 3 is 2.45 bits per heavy atom. The molecular weight excluding hydrogens is 660 g/mol. The van der Waals surface area contributed by atoms with Crippen molar-refractivity contribution in [2.24, 2.45) is 0 Å². The summed E-state index contributed by atoms with van der Waals surface area (Å²) in [6.07, 6.45) is -2.78. The van der Waals surface area contributed by atoms with Crippen LogP contribution in [0.3, 0.4) is 0 Å². The molecule has 4 aromatic rings. The number of hydrogen-bond donors (Lipinski definition) is 4. The van der Waals surface area contributed by atoms with Gasteiger partial charge in [-0.15, -0.1) is 0 Å². The quantitative estimate of drug-likeness (QED) is 0.176. The highest BCUT2D eigenvalue weighted by atomic mass is 32.7. The van der Waals surface area contributed by atoms with E-state index in [1.807, 2.05) is 0 Å². The molecule has 0 saturated carbocycles. The molecule has 3 N–H and O–H groups in total. The van der Waals surface area contributed by atoms with Gasteiger partial charge in [0.1, 0.15) is 30.9 Å². The van der Waals surface area contributed by atoms with E-state index in [1.54, 1.807) is 24.3 Å². The maximum absolute atomic E-state index is 13.5. The molecule has 0 spiro atoms. The predicted molar refractivity (Wildman–Crippen MR) is 160 cm³/mol. The first-order valence-corrected chi connectivity index (χ1v) is 18.7. The Bertz CT molecular complexity index is 1970. The number of fused-ring (bicyclic) bond motifs is 5. The van der Waals surface area contributed by atoms with Crippen LogP contribution in [-0.2, 0) is 36.7 Å². The fraction of sp³-hybridized carbons (Fsp3) is 0.435. The number of rotatable bonds is 2. The number of nitrogens with one attached hydrogen (secondary N) is 1. The van der Waals surface area contributed by atoms with E-state index in [0.717, 1.165) is 0 Å². The molecule has 3 fully saturated rings. The van der Waals surface area contributed by atoms with Gasteiger partial charge in [0.2, 0.25) is 5.95 Å². The van der Waals surface area contributed by atoms with Crippen molar-refractivity contribution in [3.05, 3.63) is 57.6 Å². The van der Waals surface area contributed by atoms with Crippen molar-refractivity contribution < 1.29 is 36.7 Å². The van der Waals surface area contributed by atoms with Gasteiger partial charge in [0.15, 0.2) is 17.4 Å². The first-order chi connectivity index (χ1) is 21.0. The number of para-hydroxylation sites is 1. The molecule has 0 aliphatic carbocycles. The Labute approximate surface area is 257 Å². The second kappa shape index (κ2) is 11.3. The molecule has 6 heterocycles. The molecule has 0 amide bonds. The average Bonchev–Trinajstić information content (AvgIpc) is 3.67. The highest BCUT2D eigenvalue weighted by Gasteiger charge is 2.46. The van der Waals surface area contributed by atoms with Gasteiger partial charge in [0.05, 0.1) is 36.5 Å². The van der Waals surface area contributed by atoms with Crippen molar-refractivity contribution in [3.8, 4) is 0 Å². The van der Waals surface area contributed by atoms with E-state index >= 15 is 0 Å². The zero-order valence-electron chi connectivity index (χ0n) is 22.4. The van der Waals surface area contributed by atoms with Crippen LogP contribution in [0.15, 0.2) is 46.5 Å². The maximum Gasteiger partial charge on any atom is 0.386 e. The maximum atomic E-state index is 13.5. The summed E-state index contributed by atoms with van der Waals surface area (Å²) in [5, 5.41) is 0.382. The fourth-order valence-corrected chi connectivity index (χ4v) is 8.50. The van der Waals surface area contributed by atoms with Gasteiger partial charge in [-0.05, 0) is 12.1 Å². The van der Waals surface area contributed by atoms with Gasteiger partial charge >= 0.3 is 13.6 Å². The summed E-state index contributed by atoms with van der Waals surface area (Å²) in [6.45, 7) is -8.78.